The molecular weight excluding hydrogens is 326 g/mol. The van der Waals surface area contributed by atoms with Crippen LogP contribution >= 0.6 is 11.3 Å². The third-order valence-corrected chi connectivity index (χ3v) is 6.05. The van der Waals surface area contributed by atoms with Crippen molar-refractivity contribution >= 4 is 28.2 Å². The van der Waals surface area contributed by atoms with Gasteiger partial charge in [-0.25, -0.2) is 4.79 Å². The normalized spacial score (nSPS) is 22.9. The summed E-state index contributed by atoms with van der Waals surface area (Å²) in [4.78, 5) is 26.1. The third-order valence-electron chi connectivity index (χ3n) is 4.88. The summed E-state index contributed by atoms with van der Waals surface area (Å²) in [6, 6.07) is 0. The lowest BCUT2D eigenvalue weighted by atomic mass is 9.85. The van der Waals surface area contributed by atoms with Crippen molar-refractivity contribution in [2.75, 3.05) is 18.5 Å². The van der Waals surface area contributed by atoms with E-state index in [2.05, 4.69) is 12.2 Å². The molecule has 1 aliphatic heterocycles. The van der Waals surface area contributed by atoms with Gasteiger partial charge in [-0.1, -0.05) is 13.3 Å². The molecule has 1 aliphatic carbocycles. The van der Waals surface area contributed by atoms with E-state index < -0.39 is 6.10 Å². The van der Waals surface area contributed by atoms with Crippen LogP contribution in [0.25, 0.3) is 0 Å². The van der Waals surface area contributed by atoms with Crippen LogP contribution < -0.4 is 5.32 Å². The number of ether oxygens (including phenoxy) is 2. The quantitative estimate of drug-likeness (QED) is 0.824. The summed E-state index contributed by atoms with van der Waals surface area (Å²) < 4.78 is 10.7. The van der Waals surface area contributed by atoms with Gasteiger partial charge < -0.3 is 14.8 Å². The number of rotatable bonds is 5. The van der Waals surface area contributed by atoms with Crippen LogP contribution in [-0.4, -0.2) is 31.2 Å². The van der Waals surface area contributed by atoms with E-state index in [0.717, 1.165) is 44.1 Å². The summed E-state index contributed by atoms with van der Waals surface area (Å²) in [5.41, 5.74) is 1.64. The minimum Gasteiger partial charge on any atom is -0.462 e. The number of carbonyl (C=O) groups excluding carboxylic acids is 2. The van der Waals surface area contributed by atoms with Gasteiger partial charge in [-0.3, -0.25) is 4.79 Å². The van der Waals surface area contributed by atoms with Gasteiger partial charge in [0.1, 0.15) is 11.1 Å². The fourth-order valence-electron chi connectivity index (χ4n) is 3.49. The van der Waals surface area contributed by atoms with Crippen LogP contribution in [0.5, 0.6) is 0 Å². The van der Waals surface area contributed by atoms with Crippen molar-refractivity contribution in [2.45, 2.75) is 58.5 Å². The molecule has 1 amide bonds. The molecule has 3 rings (SSSR count). The molecule has 2 aliphatic rings. The highest BCUT2D eigenvalue weighted by Crippen LogP contribution is 2.41. The molecule has 0 aromatic carbocycles. The molecule has 0 spiro atoms. The van der Waals surface area contributed by atoms with E-state index in [1.54, 1.807) is 6.92 Å². The molecule has 0 saturated carbocycles. The molecule has 0 radical (unpaired) electrons. The second-order valence-electron chi connectivity index (χ2n) is 6.44. The predicted octanol–water partition coefficient (Wildman–Crippen LogP) is 3.56. The minimum absolute atomic E-state index is 0.149. The number of amides is 1. The van der Waals surface area contributed by atoms with Crippen LogP contribution in [0, 0.1) is 5.92 Å². The summed E-state index contributed by atoms with van der Waals surface area (Å²) in [7, 11) is 0. The second-order valence-corrected chi connectivity index (χ2v) is 7.54. The molecule has 2 atom stereocenters. The van der Waals surface area contributed by atoms with Gasteiger partial charge in [-0.05, 0) is 50.5 Å². The Bertz CT molecular complexity index is 619. The molecule has 2 heterocycles. The first-order chi connectivity index (χ1) is 11.6. The standard InChI is InChI=1S/C18H25NO4S/c1-3-11-7-8-12-14(10-11)24-17(15(12)18(21)22-4-2)19-16(20)13-6-5-9-23-13/h11,13H,3-10H2,1-2H3,(H,19,20)/t11-,13-/m1/s1. The Balaban J connectivity index is 1.87. The zero-order valence-electron chi connectivity index (χ0n) is 14.4. The summed E-state index contributed by atoms with van der Waals surface area (Å²) >= 11 is 1.53. The van der Waals surface area contributed by atoms with Gasteiger partial charge in [-0.2, -0.15) is 0 Å². The molecule has 5 nitrogen and oxygen atoms in total. The summed E-state index contributed by atoms with van der Waals surface area (Å²) in [5.74, 6) is 0.184. The number of nitrogens with one attached hydrogen (secondary N) is 1. The fourth-order valence-corrected chi connectivity index (χ4v) is 4.84. The number of carbonyl (C=O) groups is 2. The first-order valence-corrected chi connectivity index (χ1v) is 9.69. The van der Waals surface area contributed by atoms with E-state index in [-0.39, 0.29) is 11.9 Å². The smallest absolute Gasteiger partial charge is 0.341 e. The molecule has 24 heavy (non-hydrogen) atoms. The average Bonchev–Trinajstić information content (AvgIpc) is 3.21. The first kappa shape index (κ1) is 17.4. The molecule has 132 valence electrons. The van der Waals surface area contributed by atoms with E-state index in [9.17, 15) is 9.59 Å². The lowest BCUT2D eigenvalue weighted by Gasteiger charge is -2.21. The Labute approximate surface area is 146 Å². The number of thiophene rings is 1. The summed E-state index contributed by atoms with van der Waals surface area (Å²) in [6.45, 7) is 4.96. The monoisotopic (exact) mass is 351 g/mol. The maximum Gasteiger partial charge on any atom is 0.341 e. The van der Waals surface area contributed by atoms with Gasteiger partial charge in [0.2, 0.25) is 0 Å². The van der Waals surface area contributed by atoms with Crippen LogP contribution in [0.1, 0.15) is 60.3 Å². The van der Waals surface area contributed by atoms with Crippen LogP contribution in [0.4, 0.5) is 5.00 Å². The molecule has 0 bridgehead atoms. The Kier molecular flexibility index (Phi) is 5.56. The van der Waals surface area contributed by atoms with Gasteiger partial charge in [0, 0.05) is 11.5 Å². The predicted molar refractivity (Wildman–Crippen MR) is 93.7 cm³/mol. The fraction of sp³-hybridized carbons (Fsp3) is 0.667. The van der Waals surface area contributed by atoms with Crippen molar-refractivity contribution < 1.29 is 19.1 Å². The van der Waals surface area contributed by atoms with Crippen LogP contribution in [0.2, 0.25) is 0 Å². The Hall–Kier alpha value is -1.40. The number of fused-ring (bicyclic) bond motifs is 1. The first-order valence-electron chi connectivity index (χ1n) is 8.88. The van der Waals surface area contributed by atoms with E-state index in [1.807, 2.05) is 0 Å². The van der Waals surface area contributed by atoms with Crippen LogP contribution in [-0.2, 0) is 27.1 Å². The van der Waals surface area contributed by atoms with Crippen molar-refractivity contribution in [3.05, 3.63) is 16.0 Å². The maximum atomic E-state index is 12.5. The lowest BCUT2D eigenvalue weighted by molar-refractivity contribution is -0.124. The highest BCUT2D eigenvalue weighted by molar-refractivity contribution is 7.17. The summed E-state index contributed by atoms with van der Waals surface area (Å²) in [6.07, 6.45) is 5.34. The van der Waals surface area contributed by atoms with Gasteiger partial charge in [-0.15, -0.1) is 11.3 Å². The van der Waals surface area contributed by atoms with Crippen LogP contribution in [0.3, 0.4) is 0 Å². The van der Waals surface area contributed by atoms with E-state index >= 15 is 0 Å². The van der Waals surface area contributed by atoms with Crippen molar-refractivity contribution in [1.82, 2.24) is 0 Å². The third kappa shape index (κ3) is 3.49. The Morgan fingerprint density at radius 3 is 2.83 bits per heavy atom. The lowest BCUT2D eigenvalue weighted by Crippen LogP contribution is -2.27. The molecule has 1 aromatic rings. The number of anilines is 1. The molecule has 0 unspecified atom stereocenters. The van der Waals surface area contributed by atoms with E-state index in [4.69, 9.17) is 9.47 Å². The minimum atomic E-state index is -0.400. The highest BCUT2D eigenvalue weighted by atomic mass is 32.1. The Morgan fingerprint density at radius 1 is 1.33 bits per heavy atom. The number of hydrogen-bond donors (Lipinski definition) is 1. The SMILES string of the molecule is CCOC(=O)c1c(NC(=O)[C@H]2CCCO2)sc2c1CC[C@@H](CC)C2. The molecule has 1 N–H and O–H groups in total. The van der Waals surface area contributed by atoms with Crippen LogP contribution in [0.15, 0.2) is 0 Å². The van der Waals surface area contributed by atoms with Crippen molar-refractivity contribution in [3.63, 3.8) is 0 Å². The van der Waals surface area contributed by atoms with Gasteiger partial charge in [0.05, 0.1) is 12.2 Å². The van der Waals surface area contributed by atoms with Crippen molar-refractivity contribution in [2.24, 2.45) is 5.92 Å². The van der Waals surface area contributed by atoms with E-state index in [0.29, 0.717) is 29.7 Å². The molecular formula is C18H25NO4S. The number of esters is 1. The van der Waals surface area contributed by atoms with Gasteiger partial charge in [0.15, 0.2) is 0 Å². The van der Waals surface area contributed by atoms with Gasteiger partial charge in [0.25, 0.3) is 5.91 Å². The maximum absolute atomic E-state index is 12.5. The van der Waals surface area contributed by atoms with Gasteiger partial charge >= 0.3 is 5.97 Å². The molecule has 6 heteroatoms. The molecule has 1 aromatic heterocycles. The second kappa shape index (κ2) is 7.66. The zero-order chi connectivity index (χ0) is 17.1. The molecule has 1 fully saturated rings. The van der Waals surface area contributed by atoms with Crippen molar-refractivity contribution in [1.29, 1.82) is 0 Å². The highest BCUT2D eigenvalue weighted by Gasteiger charge is 2.31. The molecule has 1 saturated heterocycles. The average molecular weight is 351 g/mol. The topological polar surface area (TPSA) is 64.6 Å². The van der Waals surface area contributed by atoms with E-state index in [1.165, 1.54) is 16.2 Å². The zero-order valence-corrected chi connectivity index (χ0v) is 15.2. The largest absolute Gasteiger partial charge is 0.462 e. The Morgan fingerprint density at radius 2 is 2.17 bits per heavy atom. The summed E-state index contributed by atoms with van der Waals surface area (Å²) in [5, 5.41) is 3.57. The van der Waals surface area contributed by atoms with Crippen molar-refractivity contribution in [3.8, 4) is 0 Å². The number of hydrogen-bond acceptors (Lipinski definition) is 5.